The Kier molecular flexibility index (Phi) is 7.63. The number of hydrogen-bond acceptors (Lipinski definition) is 6. The first-order valence-electron chi connectivity index (χ1n) is 11.4. The Hall–Kier alpha value is -3.60. The van der Waals surface area contributed by atoms with Gasteiger partial charge >= 0.3 is 5.97 Å². The van der Waals surface area contributed by atoms with Gasteiger partial charge in [-0.2, -0.15) is 0 Å². The van der Waals surface area contributed by atoms with Crippen LogP contribution in [-0.4, -0.2) is 46.5 Å². The molecule has 7 heteroatoms. The van der Waals surface area contributed by atoms with Gasteiger partial charge in [0.25, 0.3) is 5.91 Å². The summed E-state index contributed by atoms with van der Waals surface area (Å²) in [5.74, 6) is 4.11. The average molecular weight is 462 g/mol. The number of ether oxygens (including phenoxy) is 2. The summed E-state index contributed by atoms with van der Waals surface area (Å²) in [6.45, 7) is 0. The van der Waals surface area contributed by atoms with Gasteiger partial charge in [-0.05, 0) is 43.0 Å². The number of amides is 1. The summed E-state index contributed by atoms with van der Waals surface area (Å²) in [6, 6.07) is 14.1. The highest BCUT2D eigenvalue weighted by Gasteiger charge is 2.34. The maximum Gasteiger partial charge on any atom is 0.342 e. The molecule has 0 saturated carbocycles. The molecule has 4 rings (SSSR count). The highest BCUT2D eigenvalue weighted by atomic mass is 16.5. The Labute approximate surface area is 198 Å². The second kappa shape index (κ2) is 11.0. The van der Waals surface area contributed by atoms with Crippen molar-refractivity contribution in [1.82, 2.24) is 5.32 Å². The molecule has 0 radical (unpaired) electrons. The van der Waals surface area contributed by atoms with Crippen LogP contribution in [0.2, 0.25) is 0 Å². The molecule has 0 aliphatic carbocycles. The third kappa shape index (κ3) is 6.25. The molecule has 7 nitrogen and oxygen atoms in total. The Bertz CT molecular complexity index is 1120. The summed E-state index contributed by atoms with van der Waals surface area (Å²) >= 11 is 0. The first kappa shape index (κ1) is 23.6. The lowest BCUT2D eigenvalue weighted by Gasteiger charge is -2.36. The third-order valence-corrected chi connectivity index (χ3v) is 5.86. The molecule has 2 aromatic carbocycles. The molecule has 1 saturated heterocycles. The van der Waals surface area contributed by atoms with E-state index >= 15 is 0 Å². The van der Waals surface area contributed by atoms with Crippen molar-refractivity contribution in [2.45, 2.75) is 56.5 Å². The standard InChI is InChI=1S/C27H27NO6/c29-20-15-22-14-19-8-4-10-24(30)26(19)27(32)34-21(17-23(16-20)33-22)9-5-13-28-25(31)12-11-18-6-2-1-3-7-18/h1-8,10,13,20-23,29-30H,9,14-17H2,(H,28,31)/b13-5+. The van der Waals surface area contributed by atoms with Crippen molar-refractivity contribution in [3.63, 3.8) is 0 Å². The van der Waals surface area contributed by atoms with Crippen molar-refractivity contribution in [3.05, 3.63) is 77.5 Å². The smallest absolute Gasteiger partial charge is 0.342 e. The predicted molar refractivity (Wildman–Crippen MR) is 125 cm³/mol. The van der Waals surface area contributed by atoms with Crippen molar-refractivity contribution in [1.29, 1.82) is 0 Å². The molecule has 2 aliphatic rings. The quantitative estimate of drug-likeness (QED) is 0.480. The minimum atomic E-state index is -0.593. The maximum atomic E-state index is 12.9. The van der Waals surface area contributed by atoms with Gasteiger partial charge in [0.15, 0.2) is 0 Å². The lowest BCUT2D eigenvalue weighted by molar-refractivity contribution is -0.115. The van der Waals surface area contributed by atoms with Crippen LogP contribution in [0.5, 0.6) is 5.75 Å². The number of rotatable bonds is 3. The van der Waals surface area contributed by atoms with Gasteiger partial charge in [-0.15, -0.1) is 0 Å². The van der Waals surface area contributed by atoms with E-state index in [0.29, 0.717) is 37.7 Å². The number of carbonyl (C=O) groups is 2. The van der Waals surface area contributed by atoms with Gasteiger partial charge in [0.05, 0.1) is 18.3 Å². The third-order valence-electron chi connectivity index (χ3n) is 5.86. The number of aromatic hydroxyl groups is 1. The number of esters is 1. The maximum absolute atomic E-state index is 12.9. The summed E-state index contributed by atoms with van der Waals surface area (Å²) in [5, 5.41) is 23.2. The molecule has 2 heterocycles. The molecule has 34 heavy (non-hydrogen) atoms. The number of cyclic esters (lactones) is 1. The van der Waals surface area contributed by atoms with Crippen LogP contribution in [0.25, 0.3) is 0 Å². The van der Waals surface area contributed by atoms with Crippen LogP contribution in [0.1, 0.15) is 47.2 Å². The number of fused-ring (bicyclic) bond motifs is 3. The van der Waals surface area contributed by atoms with Gasteiger partial charge in [-0.3, -0.25) is 4.79 Å². The van der Waals surface area contributed by atoms with Crippen molar-refractivity contribution in [3.8, 4) is 17.6 Å². The SMILES string of the molecule is O=C(C#Cc1ccccc1)N/C=C/CC1CC2CC(O)CC(Cc3cccc(O)c3C(=O)O1)O2. The van der Waals surface area contributed by atoms with E-state index in [-0.39, 0.29) is 23.5 Å². The number of aliphatic hydroxyl groups is 1. The zero-order valence-corrected chi connectivity index (χ0v) is 18.6. The van der Waals surface area contributed by atoms with Gasteiger partial charge in [0.1, 0.15) is 17.4 Å². The van der Waals surface area contributed by atoms with Crippen LogP contribution in [0.15, 0.2) is 60.8 Å². The Morgan fingerprint density at radius 2 is 1.88 bits per heavy atom. The molecule has 176 valence electrons. The van der Waals surface area contributed by atoms with Gasteiger partial charge in [0, 0.05) is 30.5 Å². The largest absolute Gasteiger partial charge is 0.507 e. The lowest BCUT2D eigenvalue weighted by atomic mass is 9.91. The van der Waals surface area contributed by atoms with Crippen molar-refractivity contribution < 1.29 is 29.3 Å². The van der Waals surface area contributed by atoms with E-state index in [0.717, 1.165) is 5.56 Å². The molecular weight excluding hydrogens is 434 g/mol. The molecule has 1 amide bonds. The molecule has 0 spiro atoms. The molecule has 2 bridgehead atoms. The van der Waals surface area contributed by atoms with Crippen LogP contribution in [0.3, 0.4) is 0 Å². The van der Waals surface area contributed by atoms with Gasteiger partial charge in [-0.1, -0.05) is 42.3 Å². The van der Waals surface area contributed by atoms with Crippen molar-refractivity contribution in [2.24, 2.45) is 0 Å². The second-order valence-corrected chi connectivity index (χ2v) is 8.51. The molecule has 2 aromatic rings. The number of carbonyl (C=O) groups excluding carboxylic acids is 2. The van der Waals surface area contributed by atoms with Crippen LogP contribution < -0.4 is 5.32 Å². The molecule has 2 aliphatic heterocycles. The Balaban J connectivity index is 1.44. The van der Waals surface area contributed by atoms with Gasteiger partial charge < -0.3 is 25.0 Å². The van der Waals surface area contributed by atoms with Crippen molar-refractivity contribution in [2.75, 3.05) is 0 Å². The normalized spacial score (nSPS) is 24.3. The monoisotopic (exact) mass is 461 g/mol. The molecule has 3 N–H and O–H groups in total. The summed E-state index contributed by atoms with van der Waals surface area (Å²) in [4.78, 5) is 24.9. The fraction of sp³-hybridized carbons (Fsp3) is 0.333. The fourth-order valence-corrected chi connectivity index (χ4v) is 4.34. The number of hydrogen-bond donors (Lipinski definition) is 3. The van der Waals surface area contributed by atoms with Gasteiger partial charge in [-0.25, -0.2) is 4.79 Å². The highest BCUT2D eigenvalue weighted by Crippen LogP contribution is 2.32. The summed E-state index contributed by atoms with van der Waals surface area (Å²) in [7, 11) is 0. The Morgan fingerprint density at radius 1 is 1.09 bits per heavy atom. The first-order chi connectivity index (χ1) is 16.5. The van der Waals surface area contributed by atoms with E-state index in [1.165, 1.54) is 12.3 Å². The zero-order valence-electron chi connectivity index (χ0n) is 18.6. The van der Waals surface area contributed by atoms with Gasteiger partial charge in [0.2, 0.25) is 0 Å². The number of nitrogens with one attached hydrogen (secondary N) is 1. The summed E-state index contributed by atoms with van der Waals surface area (Å²) < 4.78 is 11.9. The predicted octanol–water partition coefficient (Wildman–Crippen LogP) is 2.84. The van der Waals surface area contributed by atoms with Crippen LogP contribution in [0, 0.1) is 11.8 Å². The average Bonchev–Trinajstić information content (AvgIpc) is 2.80. The minimum absolute atomic E-state index is 0.128. The Morgan fingerprint density at radius 3 is 2.71 bits per heavy atom. The highest BCUT2D eigenvalue weighted by molar-refractivity contribution is 5.95. The molecular formula is C27H27NO6. The van der Waals surface area contributed by atoms with E-state index in [1.54, 1.807) is 18.2 Å². The number of phenolic OH excluding ortho intramolecular Hbond substituents is 1. The molecule has 4 unspecified atom stereocenters. The molecule has 4 atom stereocenters. The topological polar surface area (TPSA) is 105 Å². The number of phenols is 1. The summed E-state index contributed by atoms with van der Waals surface area (Å²) in [5.41, 5.74) is 1.50. The van der Waals surface area contributed by atoms with Crippen LogP contribution in [-0.2, 0) is 20.7 Å². The number of aliphatic hydroxyl groups excluding tert-OH is 1. The van der Waals surface area contributed by atoms with E-state index in [2.05, 4.69) is 17.2 Å². The van der Waals surface area contributed by atoms with Crippen LogP contribution >= 0.6 is 0 Å². The zero-order chi connectivity index (χ0) is 23.9. The van der Waals surface area contributed by atoms with E-state index in [1.807, 2.05) is 30.3 Å². The molecule has 1 fully saturated rings. The number of benzene rings is 2. The lowest BCUT2D eigenvalue weighted by Crippen LogP contribution is -2.40. The molecule has 0 aromatic heterocycles. The fourth-order valence-electron chi connectivity index (χ4n) is 4.34. The minimum Gasteiger partial charge on any atom is -0.507 e. The van der Waals surface area contributed by atoms with Crippen molar-refractivity contribution >= 4 is 11.9 Å². The van der Waals surface area contributed by atoms with E-state index in [9.17, 15) is 19.8 Å². The summed E-state index contributed by atoms with van der Waals surface area (Å²) in [6.07, 6.45) is 3.66. The second-order valence-electron chi connectivity index (χ2n) is 8.51. The first-order valence-corrected chi connectivity index (χ1v) is 11.4. The van der Waals surface area contributed by atoms with E-state index < -0.39 is 24.1 Å². The van der Waals surface area contributed by atoms with E-state index in [4.69, 9.17) is 9.47 Å². The van der Waals surface area contributed by atoms with Crippen LogP contribution in [0.4, 0.5) is 0 Å².